The molecule has 0 saturated carbocycles. The summed E-state index contributed by atoms with van der Waals surface area (Å²) in [5, 5.41) is 4.25. The number of ether oxygens (including phenoxy) is 1. The molecule has 0 spiro atoms. The molecule has 0 radical (unpaired) electrons. The van der Waals surface area contributed by atoms with E-state index in [9.17, 15) is 4.79 Å². The highest BCUT2D eigenvalue weighted by atomic mass is 16.5. The summed E-state index contributed by atoms with van der Waals surface area (Å²) in [6, 6.07) is 10.0. The minimum absolute atomic E-state index is 0.321. The Balaban J connectivity index is 1.97. The summed E-state index contributed by atoms with van der Waals surface area (Å²) in [5.74, 6) is -0.321. The molecule has 0 N–H and O–H groups in total. The van der Waals surface area contributed by atoms with E-state index in [1.54, 1.807) is 17.7 Å². The molecule has 1 aromatic carbocycles. The lowest BCUT2D eigenvalue weighted by Crippen LogP contribution is -2.00. The third-order valence-electron chi connectivity index (χ3n) is 2.57. The quantitative estimate of drug-likeness (QED) is 0.610. The summed E-state index contributed by atoms with van der Waals surface area (Å²) >= 11 is 0. The molecule has 0 atom stereocenters. The van der Waals surface area contributed by atoms with Gasteiger partial charge in [-0.05, 0) is 12.5 Å². The highest BCUT2D eigenvalue weighted by Crippen LogP contribution is 2.17. The van der Waals surface area contributed by atoms with Crippen LogP contribution in [-0.4, -0.2) is 22.4 Å². The maximum atomic E-state index is 11.1. The molecular weight excluding hydrogens is 240 g/mol. The highest BCUT2D eigenvalue weighted by molar-refractivity contribution is 5.81. The zero-order valence-electron chi connectivity index (χ0n) is 10.8. The Kier molecular flexibility index (Phi) is 4.50. The molecule has 0 unspecified atom stereocenters. The van der Waals surface area contributed by atoms with Crippen molar-refractivity contribution in [1.29, 1.82) is 0 Å². The number of carbonyl (C=O) groups excluding carboxylic acids is 1. The van der Waals surface area contributed by atoms with Gasteiger partial charge in [0.05, 0.1) is 19.3 Å². The fourth-order valence-electron chi connectivity index (χ4n) is 1.69. The van der Waals surface area contributed by atoms with Crippen LogP contribution in [0.15, 0.2) is 54.9 Å². The Morgan fingerprint density at radius 3 is 2.84 bits per heavy atom. The van der Waals surface area contributed by atoms with E-state index in [0.717, 1.165) is 11.1 Å². The molecule has 0 aliphatic carbocycles. The van der Waals surface area contributed by atoms with Crippen LogP contribution in [0.2, 0.25) is 0 Å². The van der Waals surface area contributed by atoms with Crippen molar-refractivity contribution < 1.29 is 9.53 Å². The molecule has 1 aromatic heterocycles. The van der Waals surface area contributed by atoms with E-state index in [1.807, 2.05) is 42.7 Å². The summed E-state index contributed by atoms with van der Waals surface area (Å²) in [7, 11) is 0. The normalized spacial score (nSPS) is 10.8. The molecule has 19 heavy (non-hydrogen) atoms. The van der Waals surface area contributed by atoms with E-state index in [4.69, 9.17) is 4.74 Å². The standard InChI is InChI=1S/C15H16N2O2/c1-2-19-15(18)9-6-10-17-12-14(11-16-17)13-7-4-3-5-8-13/h3-9,11-12H,2,10H2,1H3/b9-6+. The Morgan fingerprint density at radius 1 is 1.32 bits per heavy atom. The van der Waals surface area contributed by atoms with Gasteiger partial charge in [0.1, 0.15) is 0 Å². The molecule has 4 heteroatoms. The summed E-state index contributed by atoms with van der Waals surface area (Å²) in [6.07, 6.45) is 6.92. The fraction of sp³-hybridized carbons (Fsp3) is 0.200. The zero-order chi connectivity index (χ0) is 13.5. The van der Waals surface area contributed by atoms with Crippen LogP contribution in [0.1, 0.15) is 6.92 Å². The van der Waals surface area contributed by atoms with E-state index in [-0.39, 0.29) is 5.97 Å². The van der Waals surface area contributed by atoms with Crippen LogP contribution in [0.5, 0.6) is 0 Å². The van der Waals surface area contributed by atoms with Crippen LogP contribution >= 0.6 is 0 Å². The average Bonchev–Trinajstić information content (AvgIpc) is 2.89. The van der Waals surface area contributed by atoms with Crippen molar-refractivity contribution in [2.75, 3.05) is 6.61 Å². The molecule has 0 aliphatic heterocycles. The molecule has 0 fully saturated rings. The molecule has 0 bridgehead atoms. The fourth-order valence-corrected chi connectivity index (χ4v) is 1.69. The van der Waals surface area contributed by atoms with Crippen molar-refractivity contribution in [3.8, 4) is 11.1 Å². The third kappa shape index (κ3) is 3.81. The minimum Gasteiger partial charge on any atom is -0.463 e. The molecule has 2 rings (SSSR count). The van der Waals surface area contributed by atoms with Gasteiger partial charge >= 0.3 is 5.97 Å². The van der Waals surface area contributed by atoms with Crippen molar-refractivity contribution in [2.45, 2.75) is 13.5 Å². The molecule has 4 nitrogen and oxygen atoms in total. The maximum Gasteiger partial charge on any atom is 0.330 e. The first-order valence-corrected chi connectivity index (χ1v) is 6.20. The van der Waals surface area contributed by atoms with E-state index < -0.39 is 0 Å². The number of hydrogen-bond acceptors (Lipinski definition) is 3. The predicted molar refractivity (Wildman–Crippen MR) is 73.4 cm³/mol. The van der Waals surface area contributed by atoms with Crippen LogP contribution in [-0.2, 0) is 16.1 Å². The Hall–Kier alpha value is -2.36. The van der Waals surface area contributed by atoms with Gasteiger partial charge in [-0.1, -0.05) is 36.4 Å². The largest absolute Gasteiger partial charge is 0.463 e. The Morgan fingerprint density at radius 2 is 2.11 bits per heavy atom. The first kappa shape index (κ1) is 13.1. The number of nitrogens with zero attached hydrogens (tertiary/aromatic N) is 2. The number of benzene rings is 1. The van der Waals surface area contributed by atoms with Crippen molar-refractivity contribution in [1.82, 2.24) is 9.78 Å². The number of rotatable bonds is 5. The van der Waals surface area contributed by atoms with Crippen molar-refractivity contribution in [2.24, 2.45) is 0 Å². The van der Waals surface area contributed by atoms with Gasteiger partial charge in [-0.25, -0.2) is 4.79 Å². The summed E-state index contributed by atoms with van der Waals surface area (Å²) in [4.78, 5) is 11.1. The lowest BCUT2D eigenvalue weighted by atomic mass is 10.1. The molecule has 0 aliphatic rings. The lowest BCUT2D eigenvalue weighted by molar-refractivity contribution is -0.137. The van der Waals surface area contributed by atoms with Gasteiger partial charge in [-0.15, -0.1) is 0 Å². The molecule has 1 heterocycles. The number of allylic oxidation sites excluding steroid dienone is 1. The van der Waals surface area contributed by atoms with Gasteiger partial charge in [0.15, 0.2) is 0 Å². The molecular formula is C15H16N2O2. The van der Waals surface area contributed by atoms with Gasteiger partial charge in [0, 0.05) is 17.8 Å². The number of carbonyl (C=O) groups is 1. The topological polar surface area (TPSA) is 44.1 Å². The van der Waals surface area contributed by atoms with Gasteiger partial charge in [-0.3, -0.25) is 4.68 Å². The number of aromatic nitrogens is 2. The SMILES string of the molecule is CCOC(=O)/C=C/Cn1cc(-c2ccccc2)cn1. The Labute approximate surface area is 112 Å². The van der Waals surface area contributed by atoms with Gasteiger partial charge < -0.3 is 4.74 Å². The summed E-state index contributed by atoms with van der Waals surface area (Å²) in [5.41, 5.74) is 2.19. The van der Waals surface area contributed by atoms with E-state index >= 15 is 0 Å². The van der Waals surface area contributed by atoms with E-state index in [0.29, 0.717) is 13.2 Å². The predicted octanol–water partition coefficient (Wildman–Crippen LogP) is 2.67. The first-order valence-electron chi connectivity index (χ1n) is 6.20. The Bertz CT molecular complexity index is 559. The lowest BCUT2D eigenvalue weighted by Gasteiger charge is -1.97. The van der Waals surface area contributed by atoms with Crippen LogP contribution in [0, 0.1) is 0 Å². The number of esters is 1. The van der Waals surface area contributed by atoms with Gasteiger partial charge in [0.25, 0.3) is 0 Å². The first-order chi connectivity index (χ1) is 9.29. The minimum atomic E-state index is -0.321. The molecule has 0 saturated heterocycles. The molecule has 2 aromatic rings. The monoisotopic (exact) mass is 256 g/mol. The van der Waals surface area contributed by atoms with Crippen LogP contribution < -0.4 is 0 Å². The molecule has 98 valence electrons. The molecule has 0 amide bonds. The van der Waals surface area contributed by atoms with E-state index in [2.05, 4.69) is 5.10 Å². The van der Waals surface area contributed by atoms with Crippen molar-refractivity contribution in [3.05, 3.63) is 54.9 Å². The second-order valence-corrected chi connectivity index (χ2v) is 3.97. The summed E-state index contributed by atoms with van der Waals surface area (Å²) in [6.45, 7) is 2.72. The highest BCUT2D eigenvalue weighted by Gasteiger charge is 2.00. The van der Waals surface area contributed by atoms with Gasteiger partial charge in [-0.2, -0.15) is 5.10 Å². The second kappa shape index (κ2) is 6.54. The van der Waals surface area contributed by atoms with E-state index in [1.165, 1.54) is 6.08 Å². The van der Waals surface area contributed by atoms with Crippen molar-refractivity contribution in [3.63, 3.8) is 0 Å². The smallest absolute Gasteiger partial charge is 0.330 e. The maximum absolute atomic E-state index is 11.1. The van der Waals surface area contributed by atoms with Crippen molar-refractivity contribution >= 4 is 5.97 Å². The van der Waals surface area contributed by atoms with Crippen LogP contribution in [0.3, 0.4) is 0 Å². The summed E-state index contributed by atoms with van der Waals surface area (Å²) < 4.78 is 6.57. The van der Waals surface area contributed by atoms with Crippen LogP contribution in [0.4, 0.5) is 0 Å². The number of hydrogen-bond donors (Lipinski definition) is 0. The zero-order valence-corrected chi connectivity index (χ0v) is 10.8. The van der Waals surface area contributed by atoms with Crippen LogP contribution in [0.25, 0.3) is 11.1 Å². The van der Waals surface area contributed by atoms with Gasteiger partial charge in [0.2, 0.25) is 0 Å². The third-order valence-corrected chi connectivity index (χ3v) is 2.57. The second-order valence-electron chi connectivity index (χ2n) is 3.97. The average molecular weight is 256 g/mol.